The van der Waals surface area contributed by atoms with Crippen LogP contribution in [0, 0.1) is 5.92 Å². The summed E-state index contributed by atoms with van der Waals surface area (Å²) in [6.07, 6.45) is 1.83. The second kappa shape index (κ2) is 6.33. The Labute approximate surface area is 102 Å². The molecule has 1 aliphatic carbocycles. The van der Waals surface area contributed by atoms with Crippen LogP contribution in [0.5, 0.6) is 0 Å². The fourth-order valence-electron chi connectivity index (χ4n) is 2.07. The lowest BCUT2D eigenvalue weighted by molar-refractivity contribution is -0.150. The summed E-state index contributed by atoms with van der Waals surface area (Å²) in [7, 11) is 1.61. The van der Waals surface area contributed by atoms with Gasteiger partial charge in [-0.2, -0.15) is 0 Å². The van der Waals surface area contributed by atoms with E-state index in [2.05, 4.69) is 5.32 Å². The normalized spacial score (nSPS) is 20.9. The molecule has 1 fully saturated rings. The summed E-state index contributed by atoms with van der Waals surface area (Å²) in [6.45, 7) is 5.11. The first-order valence-electron chi connectivity index (χ1n) is 6.15. The summed E-state index contributed by atoms with van der Waals surface area (Å²) in [5.41, 5.74) is -0.920. The van der Waals surface area contributed by atoms with Crippen LogP contribution in [0.25, 0.3) is 0 Å². The van der Waals surface area contributed by atoms with Crippen molar-refractivity contribution in [1.29, 1.82) is 0 Å². The summed E-state index contributed by atoms with van der Waals surface area (Å²) in [5.74, 6) is -0.624. The minimum atomic E-state index is -0.920. The predicted octanol–water partition coefficient (Wildman–Crippen LogP) is 0.881. The third-order valence-electron chi connectivity index (χ3n) is 3.15. The van der Waals surface area contributed by atoms with Crippen LogP contribution in [-0.4, -0.2) is 49.6 Å². The number of hydrogen-bond acceptors (Lipinski definition) is 4. The van der Waals surface area contributed by atoms with E-state index in [1.807, 2.05) is 13.8 Å². The fourth-order valence-corrected chi connectivity index (χ4v) is 2.07. The third kappa shape index (κ3) is 3.66. The van der Waals surface area contributed by atoms with Crippen molar-refractivity contribution in [2.75, 3.05) is 26.9 Å². The van der Waals surface area contributed by atoms with Crippen LogP contribution >= 0.6 is 0 Å². The Balaban J connectivity index is 2.59. The Bertz CT molecular complexity index is 255. The Kier molecular flexibility index (Phi) is 5.36. The number of methoxy groups -OCH3 is 1. The minimum Gasteiger partial charge on any atom is -0.480 e. The summed E-state index contributed by atoms with van der Waals surface area (Å²) < 4.78 is 10.6. The van der Waals surface area contributed by atoms with E-state index in [1.54, 1.807) is 7.11 Å². The summed E-state index contributed by atoms with van der Waals surface area (Å²) in [4.78, 5) is 11.5. The lowest BCUT2D eigenvalue weighted by Gasteiger charge is -2.31. The van der Waals surface area contributed by atoms with Gasteiger partial charge in [0.25, 0.3) is 0 Å². The number of nitrogens with one attached hydrogen (secondary N) is 1. The molecule has 5 nitrogen and oxygen atoms in total. The Morgan fingerprint density at radius 2 is 2.24 bits per heavy atom. The zero-order chi connectivity index (χ0) is 12.9. The van der Waals surface area contributed by atoms with Crippen LogP contribution in [0.3, 0.4) is 0 Å². The molecular formula is C12H23NO4. The lowest BCUT2D eigenvalue weighted by atomic mass is 9.94. The molecule has 100 valence electrons. The Morgan fingerprint density at radius 3 is 2.65 bits per heavy atom. The fraction of sp³-hybridized carbons (Fsp3) is 0.917. The summed E-state index contributed by atoms with van der Waals surface area (Å²) >= 11 is 0. The van der Waals surface area contributed by atoms with E-state index in [4.69, 9.17) is 9.47 Å². The van der Waals surface area contributed by atoms with E-state index < -0.39 is 11.5 Å². The highest BCUT2D eigenvalue weighted by Gasteiger charge is 2.51. The molecule has 0 radical (unpaired) electrons. The monoisotopic (exact) mass is 245 g/mol. The number of rotatable bonds is 9. The van der Waals surface area contributed by atoms with Gasteiger partial charge >= 0.3 is 5.97 Å². The number of carboxylic acids is 1. The van der Waals surface area contributed by atoms with E-state index >= 15 is 0 Å². The van der Waals surface area contributed by atoms with Crippen molar-refractivity contribution >= 4 is 5.97 Å². The third-order valence-corrected chi connectivity index (χ3v) is 3.15. The molecule has 0 aromatic carbocycles. The summed E-state index contributed by atoms with van der Waals surface area (Å²) in [5, 5.41) is 12.5. The average molecular weight is 245 g/mol. The topological polar surface area (TPSA) is 67.8 Å². The number of hydrogen-bond donors (Lipinski definition) is 2. The van der Waals surface area contributed by atoms with Crippen molar-refractivity contribution in [3.05, 3.63) is 0 Å². The molecule has 0 bridgehead atoms. The quantitative estimate of drug-likeness (QED) is 0.631. The molecule has 1 saturated carbocycles. The maximum atomic E-state index is 11.5. The molecule has 2 N–H and O–H groups in total. The molecule has 0 saturated heterocycles. The number of carboxylic acid groups (broad SMARTS) is 1. The van der Waals surface area contributed by atoms with Gasteiger partial charge in [0.05, 0.1) is 19.3 Å². The van der Waals surface area contributed by atoms with Crippen molar-refractivity contribution in [3.63, 3.8) is 0 Å². The van der Waals surface area contributed by atoms with Gasteiger partial charge in [-0.3, -0.25) is 10.1 Å². The van der Waals surface area contributed by atoms with Crippen molar-refractivity contribution in [1.82, 2.24) is 5.32 Å². The highest BCUT2D eigenvalue weighted by atomic mass is 16.5. The molecule has 1 rings (SSSR count). The molecule has 0 heterocycles. The maximum Gasteiger partial charge on any atom is 0.326 e. The van der Waals surface area contributed by atoms with Gasteiger partial charge < -0.3 is 14.6 Å². The van der Waals surface area contributed by atoms with Gasteiger partial charge in [-0.1, -0.05) is 6.92 Å². The molecule has 0 amide bonds. The molecule has 0 aliphatic heterocycles. The summed E-state index contributed by atoms with van der Waals surface area (Å²) in [6, 6.07) is 0. The molecule has 0 aromatic rings. The van der Waals surface area contributed by atoms with Crippen molar-refractivity contribution < 1.29 is 19.4 Å². The van der Waals surface area contributed by atoms with Crippen LogP contribution in [-0.2, 0) is 14.3 Å². The molecule has 2 unspecified atom stereocenters. The van der Waals surface area contributed by atoms with E-state index in [0.29, 0.717) is 13.2 Å². The first-order valence-corrected chi connectivity index (χ1v) is 6.15. The van der Waals surface area contributed by atoms with Crippen LogP contribution < -0.4 is 5.32 Å². The molecule has 1 aliphatic rings. The average Bonchev–Trinajstić information content (AvgIpc) is 3.08. The van der Waals surface area contributed by atoms with Crippen LogP contribution in [0.15, 0.2) is 0 Å². The van der Waals surface area contributed by atoms with Crippen LogP contribution in [0.4, 0.5) is 0 Å². The first kappa shape index (κ1) is 14.4. The zero-order valence-corrected chi connectivity index (χ0v) is 10.9. The smallest absolute Gasteiger partial charge is 0.326 e. The largest absolute Gasteiger partial charge is 0.480 e. The van der Waals surface area contributed by atoms with Gasteiger partial charge in [0.15, 0.2) is 0 Å². The second-order valence-electron chi connectivity index (χ2n) is 4.66. The number of aliphatic carboxylic acids is 1. The van der Waals surface area contributed by atoms with Gasteiger partial charge in [0, 0.05) is 7.11 Å². The van der Waals surface area contributed by atoms with E-state index in [1.165, 1.54) is 0 Å². The maximum absolute atomic E-state index is 11.5. The number of carbonyl (C=O) groups is 1. The second-order valence-corrected chi connectivity index (χ2v) is 4.66. The van der Waals surface area contributed by atoms with Crippen LogP contribution in [0.2, 0.25) is 0 Å². The van der Waals surface area contributed by atoms with E-state index in [-0.39, 0.29) is 18.6 Å². The van der Waals surface area contributed by atoms with Gasteiger partial charge in [-0.15, -0.1) is 0 Å². The van der Waals surface area contributed by atoms with Gasteiger partial charge in [-0.25, -0.2) is 0 Å². The minimum absolute atomic E-state index is 0.0869. The van der Waals surface area contributed by atoms with Crippen molar-refractivity contribution in [2.24, 2.45) is 5.92 Å². The molecule has 0 aromatic heterocycles. The van der Waals surface area contributed by atoms with Gasteiger partial charge in [-0.05, 0) is 32.2 Å². The highest BCUT2D eigenvalue weighted by Crippen LogP contribution is 2.40. The standard InChI is InChI=1S/C12H23NO4/c1-4-13-12(11(14)15,10-5-6-10)8-17-9(2)7-16-3/h9-10,13H,4-8H2,1-3H3,(H,14,15). The van der Waals surface area contributed by atoms with Gasteiger partial charge in [0.1, 0.15) is 5.54 Å². The van der Waals surface area contributed by atoms with E-state index in [9.17, 15) is 9.90 Å². The molecular weight excluding hydrogens is 222 g/mol. The molecule has 0 spiro atoms. The first-order chi connectivity index (χ1) is 8.06. The SMILES string of the molecule is CCNC(COC(C)COC)(C(=O)O)C1CC1. The van der Waals surface area contributed by atoms with E-state index in [0.717, 1.165) is 12.8 Å². The molecule has 5 heteroatoms. The van der Waals surface area contributed by atoms with Gasteiger partial charge in [0.2, 0.25) is 0 Å². The van der Waals surface area contributed by atoms with Crippen molar-refractivity contribution in [3.8, 4) is 0 Å². The van der Waals surface area contributed by atoms with Crippen molar-refractivity contribution in [2.45, 2.75) is 38.3 Å². The zero-order valence-electron chi connectivity index (χ0n) is 10.9. The Morgan fingerprint density at radius 1 is 1.59 bits per heavy atom. The number of likely N-dealkylation sites (N-methyl/N-ethyl adjacent to an activating group) is 1. The number of ether oxygens (including phenoxy) is 2. The predicted molar refractivity (Wildman–Crippen MR) is 64.1 cm³/mol. The Hall–Kier alpha value is -0.650. The van der Waals surface area contributed by atoms with Crippen LogP contribution in [0.1, 0.15) is 26.7 Å². The molecule has 17 heavy (non-hydrogen) atoms. The highest BCUT2D eigenvalue weighted by molar-refractivity contribution is 5.80. The molecule has 2 atom stereocenters. The lowest BCUT2D eigenvalue weighted by Crippen LogP contribution is -2.58.